The predicted octanol–water partition coefficient (Wildman–Crippen LogP) is 6.03. The van der Waals surface area contributed by atoms with E-state index in [1.54, 1.807) is 23.1 Å². The number of aromatic carboxylic acids is 1. The lowest BCUT2D eigenvalue weighted by Gasteiger charge is -2.21. The fourth-order valence-corrected chi connectivity index (χ4v) is 3.90. The van der Waals surface area contributed by atoms with E-state index >= 15 is 0 Å². The Morgan fingerprint density at radius 2 is 1.69 bits per heavy atom. The molecule has 5 heteroatoms. The molecule has 148 valence electrons. The normalized spacial score (nSPS) is 10.4. The summed E-state index contributed by atoms with van der Waals surface area (Å²) in [5.41, 5.74) is 4.00. The SMILES string of the molecule is CC(C)=CCN(C(=O)c1ccc(C)cc1)c1cc(-c2ccccc2)sc1C(=O)O. The number of nitrogens with zero attached hydrogens (tertiary/aromatic N) is 1. The van der Waals surface area contributed by atoms with Gasteiger partial charge in [0.15, 0.2) is 0 Å². The quantitative estimate of drug-likeness (QED) is 0.509. The summed E-state index contributed by atoms with van der Waals surface area (Å²) in [6.07, 6.45) is 1.93. The summed E-state index contributed by atoms with van der Waals surface area (Å²) in [4.78, 5) is 27.8. The van der Waals surface area contributed by atoms with Crippen LogP contribution >= 0.6 is 11.3 Å². The van der Waals surface area contributed by atoms with Crippen LogP contribution in [0.5, 0.6) is 0 Å². The van der Waals surface area contributed by atoms with Gasteiger partial charge in [-0.25, -0.2) is 4.79 Å². The maximum Gasteiger partial charge on any atom is 0.348 e. The van der Waals surface area contributed by atoms with Gasteiger partial charge in [-0.1, -0.05) is 59.7 Å². The molecule has 3 aromatic rings. The first-order valence-electron chi connectivity index (χ1n) is 9.31. The molecule has 0 aliphatic heterocycles. The molecule has 0 atom stereocenters. The topological polar surface area (TPSA) is 57.6 Å². The molecule has 29 heavy (non-hydrogen) atoms. The van der Waals surface area contributed by atoms with Gasteiger partial charge in [0.1, 0.15) is 4.88 Å². The van der Waals surface area contributed by atoms with Crippen LogP contribution in [0.15, 0.2) is 72.3 Å². The van der Waals surface area contributed by atoms with Crippen molar-refractivity contribution in [2.75, 3.05) is 11.4 Å². The lowest BCUT2D eigenvalue weighted by atomic mass is 10.1. The number of carboxylic acid groups (broad SMARTS) is 1. The van der Waals surface area contributed by atoms with Gasteiger partial charge in [0, 0.05) is 17.0 Å². The lowest BCUT2D eigenvalue weighted by molar-refractivity contribution is 0.0703. The molecule has 0 saturated heterocycles. The Balaban J connectivity index is 2.10. The fraction of sp³-hybridized carbons (Fsp3) is 0.167. The van der Waals surface area contributed by atoms with Gasteiger partial charge >= 0.3 is 5.97 Å². The van der Waals surface area contributed by atoms with Crippen LogP contribution in [-0.4, -0.2) is 23.5 Å². The third kappa shape index (κ3) is 4.81. The number of rotatable bonds is 6. The number of anilines is 1. The summed E-state index contributed by atoms with van der Waals surface area (Å²) < 4.78 is 0. The highest BCUT2D eigenvalue weighted by atomic mass is 32.1. The van der Waals surface area contributed by atoms with Crippen LogP contribution in [0.2, 0.25) is 0 Å². The largest absolute Gasteiger partial charge is 0.477 e. The summed E-state index contributed by atoms with van der Waals surface area (Å²) >= 11 is 1.18. The van der Waals surface area contributed by atoms with E-state index in [9.17, 15) is 14.7 Å². The second-order valence-corrected chi connectivity index (χ2v) is 8.11. The Morgan fingerprint density at radius 3 is 2.28 bits per heavy atom. The van der Waals surface area contributed by atoms with Crippen LogP contribution in [0, 0.1) is 6.92 Å². The van der Waals surface area contributed by atoms with Gasteiger partial charge in [-0.05, 0) is 44.5 Å². The van der Waals surface area contributed by atoms with Crippen molar-refractivity contribution in [2.45, 2.75) is 20.8 Å². The molecule has 3 rings (SSSR count). The van der Waals surface area contributed by atoms with Gasteiger partial charge in [-0.2, -0.15) is 0 Å². The number of allylic oxidation sites excluding steroid dienone is 1. The van der Waals surface area contributed by atoms with E-state index in [1.165, 1.54) is 11.3 Å². The fourth-order valence-electron chi connectivity index (χ4n) is 2.90. The number of hydrogen-bond donors (Lipinski definition) is 1. The van der Waals surface area contributed by atoms with Crippen LogP contribution in [0.25, 0.3) is 10.4 Å². The monoisotopic (exact) mass is 405 g/mol. The molecular weight excluding hydrogens is 382 g/mol. The average molecular weight is 406 g/mol. The minimum absolute atomic E-state index is 0.159. The number of thiophene rings is 1. The van der Waals surface area contributed by atoms with Gasteiger partial charge in [0.2, 0.25) is 0 Å². The van der Waals surface area contributed by atoms with Gasteiger partial charge in [0.25, 0.3) is 5.91 Å². The summed E-state index contributed by atoms with van der Waals surface area (Å²) in [6.45, 7) is 6.17. The lowest BCUT2D eigenvalue weighted by Crippen LogP contribution is -2.32. The molecule has 0 unspecified atom stereocenters. The Bertz CT molecular complexity index is 1050. The molecule has 1 heterocycles. The van der Waals surface area contributed by atoms with Crippen molar-refractivity contribution >= 4 is 28.9 Å². The van der Waals surface area contributed by atoms with Crippen LogP contribution < -0.4 is 4.90 Å². The van der Waals surface area contributed by atoms with Gasteiger partial charge in [0.05, 0.1) is 5.69 Å². The summed E-state index contributed by atoms with van der Waals surface area (Å²) in [5, 5.41) is 9.80. The molecular formula is C24H23NO3S. The first-order valence-corrected chi connectivity index (χ1v) is 10.1. The van der Waals surface area contributed by atoms with E-state index in [0.717, 1.165) is 21.6 Å². The van der Waals surface area contributed by atoms with E-state index < -0.39 is 5.97 Å². The molecule has 0 aliphatic rings. The van der Waals surface area contributed by atoms with Crippen LogP contribution in [0.1, 0.15) is 39.4 Å². The highest BCUT2D eigenvalue weighted by Crippen LogP contribution is 2.37. The number of hydrogen-bond acceptors (Lipinski definition) is 3. The predicted molar refractivity (Wildman–Crippen MR) is 119 cm³/mol. The van der Waals surface area contributed by atoms with E-state index in [1.807, 2.05) is 69.3 Å². The van der Waals surface area contributed by atoms with E-state index in [4.69, 9.17) is 0 Å². The van der Waals surface area contributed by atoms with Crippen LogP contribution in [-0.2, 0) is 0 Å². The van der Waals surface area contributed by atoms with Crippen LogP contribution in [0.4, 0.5) is 5.69 Å². The van der Waals surface area contributed by atoms with Crippen LogP contribution in [0.3, 0.4) is 0 Å². The zero-order chi connectivity index (χ0) is 21.0. The molecule has 0 spiro atoms. The van der Waals surface area contributed by atoms with E-state index in [0.29, 0.717) is 17.8 Å². The van der Waals surface area contributed by atoms with E-state index in [-0.39, 0.29) is 10.8 Å². The molecule has 2 aromatic carbocycles. The molecule has 1 amide bonds. The van der Waals surface area contributed by atoms with Crippen molar-refractivity contribution in [1.29, 1.82) is 0 Å². The van der Waals surface area contributed by atoms with Crippen molar-refractivity contribution in [2.24, 2.45) is 0 Å². The Hall–Kier alpha value is -3.18. The summed E-state index contributed by atoms with van der Waals surface area (Å²) in [7, 11) is 0. The zero-order valence-electron chi connectivity index (χ0n) is 16.7. The number of carboxylic acids is 1. The smallest absolute Gasteiger partial charge is 0.348 e. The molecule has 0 bridgehead atoms. The number of carbonyl (C=O) groups is 2. The summed E-state index contributed by atoms with van der Waals surface area (Å²) in [6, 6.07) is 18.7. The minimum Gasteiger partial charge on any atom is -0.477 e. The number of benzene rings is 2. The first-order chi connectivity index (χ1) is 13.9. The third-order valence-corrected chi connectivity index (χ3v) is 5.64. The second kappa shape index (κ2) is 8.88. The molecule has 1 N–H and O–H groups in total. The molecule has 4 nitrogen and oxygen atoms in total. The van der Waals surface area contributed by atoms with Crippen molar-refractivity contribution in [1.82, 2.24) is 0 Å². The standard InChI is InChI=1S/C24H23NO3S/c1-16(2)13-14-25(23(26)19-11-9-17(3)10-12-19)20-15-21(29-22(20)24(27)28)18-7-5-4-6-8-18/h4-13,15H,14H2,1-3H3,(H,27,28). The average Bonchev–Trinajstić information content (AvgIpc) is 3.14. The minimum atomic E-state index is -1.04. The van der Waals surface area contributed by atoms with E-state index in [2.05, 4.69) is 0 Å². The van der Waals surface area contributed by atoms with Crippen molar-refractivity contribution in [3.63, 3.8) is 0 Å². The maximum absolute atomic E-state index is 13.3. The number of carbonyl (C=O) groups excluding carboxylic acids is 1. The second-order valence-electron chi connectivity index (χ2n) is 7.06. The highest BCUT2D eigenvalue weighted by molar-refractivity contribution is 7.18. The maximum atomic E-state index is 13.3. The number of amides is 1. The number of aryl methyl sites for hydroxylation is 1. The third-order valence-electron chi connectivity index (χ3n) is 4.48. The zero-order valence-corrected chi connectivity index (χ0v) is 17.5. The van der Waals surface area contributed by atoms with Gasteiger partial charge in [-0.3, -0.25) is 4.79 Å². The van der Waals surface area contributed by atoms with Crippen molar-refractivity contribution in [3.8, 4) is 10.4 Å². The van der Waals surface area contributed by atoms with Gasteiger partial charge in [-0.15, -0.1) is 11.3 Å². The first kappa shape index (κ1) is 20.6. The molecule has 0 aliphatic carbocycles. The Labute approximate surface area is 174 Å². The van der Waals surface area contributed by atoms with Gasteiger partial charge < -0.3 is 10.0 Å². The molecule has 0 fully saturated rings. The Morgan fingerprint density at radius 1 is 1.03 bits per heavy atom. The van der Waals surface area contributed by atoms with Crippen molar-refractivity contribution in [3.05, 3.63) is 88.3 Å². The summed E-state index contributed by atoms with van der Waals surface area (Å²) in [5.74, 6) is -1.26. The Kier molecular flexibility index (Phi) is 6.29. The highest BCUT2D eigenvalue weighted by Gasteiger charge is 2.25. The molecule has 1 aromatic heterocycles. The molecule has 0 radical (unpaired) electrons. The van der Waals surface area contributed by atoms with Crippen molar-refractivity contribution < 1.29 is 14.7 Å². The molecule has 0 saturated carbocycles.